The molecule has 0 saturated heterocycles. The predicted octanol–water partition coefficient (Wildman–Crippen LogP) is 3.96. The van der Waals surface area contributed by atoms with Gasteiger partial charge in [0.15, 0.2) is 0 Å². The molecular formula is C18H15N3O5S. The quantitative estimate of drug-likeness (QED) is 0.206. The minimum absolute atomic E-state index is 0.00914. The van der Waals surface area contributed by atoms with E-state index in [1.165, 1.54) is 24.3 Å². The van der Waals surface area contributed by atoms with Gasteiger partial charge < -0.3 is 9.15 Å². The maximum Gasteiger partial charge on any atom is 0.321 e. The third-order valence-electron chi connectivity index (χ3n) is 3.60. The molecule has 1 aromatic heterocycles. The number of aromatic nitrogens is 2. The van der Waals surface area contributed by atoms with E-state index in [0.29, 0.717) is 11.3 Å². The lowest BCUT2D eigenvalue weighted by molar-refractivity contribution is -0.384. The average molecular weight is 385 g/mol. The Labute approximate surface area is 158 Å². The van der Waals surface area contributed by atoms with Gasteiger partial charge in [0.25, 0.3) is 10.9 Å². The van der Waals surface area contributed by atoms with E-state index >= 15 is 0 Å². The van der Waals surface area contributed by atoms with E-state index in [-0.39, 0.29) is 22.6 Å². The van der Waals surface area contributed by atoms with Crippen LogP contribution < -0.4 is 4.74 Å². The number of aryl methyl sites for hydroxylation is 2. The van der Waals surface area contributed by atoms with Crippen LogP contribution in [0.3, 0.4) is 0 Å². The first kappa shape index (κ1) is 18.6. The standard InChI is InChI=1S/C18H15N3O5S/c1-11-3-8-15(12(2)9-11)25-16(22)10-27-18-20-19-17(26-18)13-4-6-14(7-5-13)21(23)24/h3-9H,10H2,1-2H3. The van der Waals surface area contributed by atoms with Gasteiger partial charge in [-0.1, -0.05) is 29.5 Å². The van der Waals surface area contributed by atoms with Gasteiger partial charge in [-0.3, -0.25) is 14.9 Å². The lowest BCUT2D eigenvalue weighted by Crippen LogP contribution is -2.11. The van der Waals surface area contributed by atoms with Crippen molar-refractivity contribution in [3.05, 3.63) is 63.7 Å². The molecular weight excluding hydrogens is 370 g/mol. The Morgan fingerprint density at radius 1 is 1.19 bits per heavy atom. The average Bonchev–Trinajstić information content (AvgIpc) is 3.11. The monoisotopic (exact) mass is 385 g/mol. The number of benzene rings is 2. The Morgan fingerprint density at radius 2 is 1.93 bits per heavy atom. The van der Waals surface area contributed by atoms with E-state index in [1.807, 2.05) is 26.0 Å². The fourth-order valence-electron chi connectivity index (χ4n) is 2.30. The number of rotatable bonds is 6. The second-order valence-electron chi connectivity index (χ2n) is 5.71. The van der Waals surface area contributed by atoms with E-state index in [1.54, 1.807) is 6.07 Å². The third kappa shape index (κ3) is 4.70. The molecule has 0 aliphatic carbocycles. The van der Waals surface area contributed by atoms with Crippen LogP contribution in [-0.2, 0) is 4.79 Å². The van der Waals surface area contributed by atoms with E-state index < -0.39 is 10.9 Å². The van der Waals surface area contributed by atoms with Crippen LogP contribution in [0.4, 0.5) is 5.69 Å². The largest absolute Gasteiger partial charge is 0.426 e. The fourth-order valence-corrected chi connectivity index (χ4v) is 2.83. The first-order chi connectivity index (χ1) is 12.9. The highest BCUT2D eigenvalue weighted by atomic mass is 32.2. The molecule has 0 fully saturated rings. The third-order valence-corrected chi connectivity index (χ3v) is 4.39. The Hall–Kier alpha value is -3.20. The molecule has 0 aliphatic rings. The van der Waals surface area contributed by atoms with Crippen LogP contribution in [0.15, 0.2) is 52.1 Å². The van der Waals surface area contributed by atoms with Crippen LogP contribution in [0.2, 0.25) is 0 Å². The molecule has 0 saturated carbocycles. The Bertz CT molecular complexity index is 985. The first-order valence-corrected chi connectivity index (χ1v) is 8.90. The number of nitro benzene ring substituents is 1. The number of non-ortho nitro benzene ring substituents is 1. The minimum Gasteiger partial charge on any atom is -0.426 e. The molecule has 1 heterocycles. The summed E-state index contributed by atoms with van der Waals surface area (Å²) in [6.45, 7) is 3.84. The molecule has 3 rings (SSSR count). The van der Waals surface area contributed by atoms with Gasteiger partial charge in [0.05, 0.1) is 4.92 Å². The van der Waals surface area contributed by atoms with Crippen LogP contribution in [0.5, 0.6) is 5.75 Å². The number of hydrogen-bond acceptors (Lipinski definition) is 8. The minimum atomic E-state index is -0.486. The predicted molar refractivity (Wildman–Crippen MR) is 98.7 cm³/mol. The molecule has 0 N–H and O–H groups in total. The van der Waals surface area contributed by atoms with Gasteiger partial charge in [-0.15, -0.1) is 10.2 Å². The van der Waals surface area contributed by atoms with Gasteiger partial charge in [0.1, 0.15) is 11.5 Å². The van der Waals surface area contributed by atoms with Gasteiger partial charge >= 0.3 is 5.97 Å². The lowest BCUT2D eigenvalue weighted by atomic mass is 10.1. The molecule has 0 amide bonds. The zero-order valence-corrected chi connectivity index (χ0v) is 15.4. The van der Waals surface area contributed by atoms with Crippen LogP contribution in [-0.4, -0.2) is 26.8 Å². The summed E-state index contributed by atoms with van der Waals surface area (Å²) < 4.78 is 10.8. The maximum absolute atomic E-state index is 12.0. The number of thioether (sulfide) groups is 1. The van der Waals surface area contributed by atoms with Crippen molar-refractivity contribution in [1.82, 2.24) is 10.2 Å². The molecule has 0 radical (unpaired) electrons. The van der Waals surface area contributed by atoms with Crippen LogP contribution in [0, 0.1) is 24.0 Å². The van der Waals surface area contributed by atoms with Crippen molar-refractivity contribution >= 4 is 23.4 Å². The van der Waals surface area contributed by atoms with Crippen molar-refractivity contribution in [3.63, 3.8) is 0 Å². The van der Waals surface area contributed by atoms with Crippen LogP contribution in [0.1, 0.15) is 11.1 Å². The van der Waals surface area contributed by atoms with E-state index in [4.69, 9.17) is 9.15 Å². The number of hydrogen-bond donors (Lipinski definition) is 0. The van der Waals surface area contributed by atoms with Crippen molar-refractivity contribution in [1.29, 1.82) is 0 Å². The summed E-state index contributed by atoms with van der Waals surface area (Å²) >= 11 is 1.06. The number of nitro groups is 1. The Balaban J connectivity index is 1.59. The van der Waals surface area contributed by atoms with E-state index in [9.17, 15) is 14.9 Å². The van der Waals surface area contributed by atoms with Gasteiger partial charge in [0.2, 0.25) is 5.89 Å². The van der Waals surface area contributed by atoms with Gasteiger partial charge in [-0.25, -0.2) is 0 Å². The van der Waals surface area contributed by atoms with Crippen molar-refractivity contribution in [2.75, 3.05) is 5.75 Å². The number of carbonyl (C=O) groups is 1. The van der Waals surface area contributed by atoms with Gasteiger partial charge in [-0.2, -0.15) is 0 Å². The molecule has 138 valence electrons. The van der Waals surface area contributed by atoms with Gasteiger partial charge in [0, 0.05) is 17.7 Å². The highest BCUT2D eigenvalue weighted by molar-refractivity contribution is 7.99. The highest BCUT2D eigenvalue weighted by Crippen LogP contribution is 2.25. The summed E-state index contributed by atoms with van der Waals surface area (Å²) in [6, 6.07) is 11.3. The van der Waals surface area contributed by atoms with Crippen LogP contribution in [0.25, 0.3) is 11.5 Å². The molecule has 0 spiro atoms. The van der Waals surface area contributed by atoms with E-state index in [0.717, 1.165) is 22.9 Å². The van der Waals surface area contributed by atoms with E-state index in [2.05, 4.69) is 10.2 Å². The number of ether oxygens (including phenoxy) is 1. The Morgan fingerprint density at radius 3 is 2.59 bits per heavy atom. The molecule has 0 atom stereocenters. The van der Waals surface area contributed by atoms with Crippen molar-refractivity contribution < 1.29 is 18.9 Å². The first-order valence-electron chi connectivity index (χ1n) is 7.91. The molecule has 27 heavy (non-hydrogen) atoms. The van der Waals surface area contributed by atoms with Gasteiger partial charge in [-0.05, 0) is 37.6 Å². The summed E-state index contributed by atoms with van der Waals surface area (Å²) in [7, 11) is 0. The number of nitrogens with zero attached hydrogens (tertiary/aromatic N) is 3. The number of carbonyl (C=O) groups excluding carboxylic acids is 1. The normalized spacial score (nSPS) is 10.6. The second kappa shape index (κ2) is 8.00. The second-order valence-corrected chi connectivity index (χ2v) is 6.64. The Kier molecular flexibility index (Phi) is 5.51. The molecule has 3 aromatic rings. The molecule has 0 aliphatic heterocycles. The van der Waals surface area contributed by atoms with Crippen molar-refractivity contribution in [2.45, 2.75) is 19.1 Å². The number of esters is 1. The maximum atomic E-state index is 12.0. The molecule has 2 aromatic carbocycles. The smallest absolute Gasteiger partial charge is 0.321 e. The summed E-state index contributed by atoms with van der Waals surface area (Å²) in [4.78, 5) is 22.2. The topological polar surface area (TPSA) is 108 Å². The lowest BCUT2D eigenvalue weighted by Gasteiger charge is -2.07. The fraction of sp³-hybridized carbons (Fsp3) is 0.167. The van der Waals surface area contributed by atoms with Crippen LogP contribution >= 0.6 is 11.8 Å². The zero-order valence-electron chi connectivity index (χ0n) is 14.5. The summed E-state index contributed by atoms with van der Waals surface area (Å²) in [5.41, 5.74) is 2.50. The summed E-state index contributed by atoms with van der Waals surface area (Å²) in [6.07, 6.45) is 0. The molecule has 9 heteroatoms. The SMILES string of the molecule is Cc1ccc(OC(=O)CSc2nnc(-c3ccc([N+](=O)[O-])cc3)o2)c(C)c1. The summed E-state index contributed by atoms with van der Waals surface area (Å²) in [5.74, 6) is 0.315. The molecule has 0 unspecified atom stereocenters. The van der Waals surface area contributed by atoms with Crippen molar-refractivity contribution in [2.24, 2.45) is 0 Å². The highest BCUT2D eigenvalue weighted by Gasteiger charge is 2.14. The zero-order chi connectivity index (χ0) is 19.4. The molecule has 0 bridgehead atoms. The summed E-state index contributed by atoms with van der Waals surface area (Å²) in [5, 5.41) is 18.6. The van der Waals surface area contributed by atoms with Crippen molar-refractivity contribution in [3.8, 4) is 17.2 Å². The molecule has 8 nitrogen and oxygen atoms in total.